The highest BCUT2D eigenvalue weighted by Gasteiger charge is 2.53. The Morgan fingerprint density at radius 1 is 0.949 bits per heavy atom. The lowest BCUT2D eigenvalue weighted by molar-refractivity contribution is -0.193. The molecule has 0 spiro atoms. The molecule has 8 heteroatoms. The van der Waals surface area contributed by atoms with Crippen LogP contribution in [-0.2, 0) is 23.4 Å². The zero-order chi connectivity index (χ0) is 28.3. The van der Waals surface area contributed by atoms with Crippen molar-refractivity contribution in [1.29, 1.82) is 0 Å². The first kappa shape index (κ1) is 29.5. The number of carbonyl (C=O) groups is 2. The molecule has 2 saturated heterocycles. The van der Waals surface area contributed by atoms with Gasteiger partial charge in [-0.1, -0.05) is 81.4 Å². The van der Waals surface area contributed by atoms with Gasteiger partial charge in [0, 0.05) is 6.61 Å². The minimum absolute atomic E-state index is 0.0773. The number of nitrogens with zero attached hydrogens (tertiary/aromatic N) is 1. The van der Waals surface area contributed by atoms with Crippen LogP contribution in [0.5, 0.6) is 0 Å². The summed E-state index contributed by atoms with van der Waals surface area (Å²) >= 11 is 0. The number of carbonyl (C=O) groups excluding carboxylic acids is 2. The van der Waals surface area contributed by atoms with Gasteiger partial charge in [0.1, 0.15) is 5.60 Å². The fourth-order valence-electron chi connectivity index (χ4n) is 5.61. The number of ether oxygens (including phenoxy) is 3. The summed E-state index contributed by atoms with van der Waals surface area (Å²) in [4.78, 5) is 27.8. The van der Waals surface area contributed by atoms with Gasteiger partial charge in [0.2, 0.25) is 5.91 Å². The number of imide groups is 1. The molecule has 39 heavy (non-hydrogen) atoms. The van der Waals surface area contributed by atoms with Crippen molar-refractivity contribution < 1.29 is 28.2 Å². The van der Waals surface area contributed by atoms with Gasteiger partial charge >= 0.3 is 6.09 Å². The summed E-state index contributed by atoms with van der Waals surface area (Å²) in [5, 5.41) is 2.01. The Kier molecular flexibility index (Phi) is 9.00. The van der Waals surface area contributed by atoms with E-state index in [0.29, 0.717) is 6.61 Å². The lowest BCUT2D eigenvalue weighted by Gasteiger charge is -2.44. The lowest BCUT2D eigenvalue weighted by Crippen LogP contribution is -2.67. The van der Waals surface area contributed by atoms with Gasteiger partial charge in [0.25, 0.3) is 8.32 Å². The molecule has 4 rings (SSSR count). The number of hydrogen-bond donors (Lipinski definition) is 0. The molecular formula is C31H43NO6Si. The minimum Gasteiger partial charge on any atom is -0.443 e. The first-order valence-electron chi connectivity index (χ1n) is 14.0. The van der Waals surface area contributed by atoms with Crippen molar-refractivity contribution in [3.05, 3.63) is 60.7 Å². The average molecular weight is 554 g/mol. The predicted molar refractivity (Wildman–Crippen MR) is 154 cm³/mol. The normalized spacial score (nSPS) is 22.7. The van der Waals surface area contributed by atoms with Crippen LogP contribution in [0, 0.1) is 0 Å². The fourth-order valence-corrected chi connectivity index (χ4v) is 10.2. The molecule has 2 aliphatic rings. The summed E-state index contributed by atoms with van der Waals surface area (Å²) in [6.45, 7) is 12.8. The number of benzene rings is 2. The minimum atomic E-state index is -2.91. The van der Waals surface area contributed by atoms with Crippen molar-refractivity contribution in [3.63, 3.8) is 0 Å². The summed E-state index contributed by atoms with van der Waals surface area (Å²) < 4.78 is 25.0. The second-order valence-corrected chi connectivity index (χ2v) is 16.8. The Labute approximate surface area is 233 Å². The first-order valence-corrected chi connectivity index (χ1v) is 15.9. The highest BCUT2D eigenvalue weighted by Crippen LogP contribution is 2.38. The molecule has 2 fully saturated rings. The Balaban J connectivity index is 1.72. The van der Waals surface area contributed by atoms with E-state index in [1.165, 1.54) is 4.90 Å². The summed E-state index contributed by atoms with van der Waals surface area (Å²) in [7, 11) is -2.91. The Hall–Kier alpha value is -2.52. The average Bonchev–Trinajstić information content (AvgIpc) is 3.19. The van der Waals surface area contributed by atoms with Crippen molar-refractivity contribution in [2.75, 3.05) is 13.2 Å². The fraction of sp³-hybridized carbons (Fsp3) is 0.548. The molecule has 0 saturated carbocycles. The van der Waals surface area contributed by atoms with Crippen LogP contribution in [0.2, 0.25) is 5.04 Å². The maximum Gasteiger partial charge on any atom is 0.417 e. The summed E-state index contributed by atoms with van der Waals surface area (Å²) in [6.07, 6.45) is 1.22. The maximum atomic E-state index is 13.3. The van der Waals surface area contributed by atoms with E-state index in [0.717, 1.165) is 29.6 Å². The topological polar surface area (TPSA) is 74.3 Å². The molecule has 2 aromatic carbocycles. The molecule has 2 aliphatic heterocycles. The van der Waals surface area contributed by atoms with Crippen LogP contribution in [-0.4, -0.2) is 62.5 Å². The third-order valence-corrected chi connectivity index (χ3v) is 12.4. The van der Waals surface area contributed by atoms with E-state index in [4.69, 9.17) is 18.6 Å². The van der Waals surface area contributed by atoms with Gasteiger partial charge in [0.05, 0.1) is 25.2 Å². The molecule has 0 radical (unpaired) electrons. The van der Waals surface area contributed by atoms with Crippen LogP contribution in [0.4, 0.5) is 4.79 Å². The van der Waals surface area contributed by atoms with E-state index in [9.17, 15) is 9.59 Å². The van der Waals surface area contributed by atoms with Crippen molar-refractivity contribution in [1.82, 2.24) is 4.90 Å². The molecule has 3 atom stereocenters. The monoisotopic (exact) mass is 553 g/mol. The van der Waals surface area contributed by atoms with E-state index < -0.39 is 38.4 Å². The SMILES string of the molecule is CC(C)(C)OC(=O)N1C(=O)C[C@@H](OC2CCCCO2)[C@H]1CO[Si](c1ccccc1)(c1ccccc1)C(C)(C)C. The molecule has 212 valence electrons. The van der Waals surface area contributed by atoms with Gasteiger partial charge < -0.3 is 18.6 Å². The smallest absolute Gasteiger partial charge is 0.417 e. The third kappa shape index (κ3) is 6.62. The molecular weight excluding hydrogens is 510 g/mol. The van der Waals surface area contributed by atoms with Crippen LogP contribution in [0.15, 0.2) is 60.7 Å². The molecule has 7 nitrogen and oxygen atoms in total. The standard InChI is InChI=1S/C31H43NO6Si/c1-30(2,3)38-29(34)32-25(26(21-27(32)33)37-28-19-13-14-20-35-28)22-36-39(31(4,5)6,23-15-9-7-10-16-23)24-17-11-8-12-18-24/h7-12,15-18,25-26,28H,13-14,19-22H2,1-6H3/t25-,26-,28?/m1/s1. The largest absolute Gasteiger partial charge is 0.443 e. The Morgan fingerprint density at radius 2 is 1.54 bits per heavy atom. The second-order valence-electron chi connectivity index (χ2n) is 12.5. The van der Waals surface area contributed by atoms with Crippen molar-refractivity contribution in [3.8, 4) is 0 Å². The van der Waals surface area contributed by atoms with E-state index in [2.05, 4.69) is 45.0 Å². The summed E-state index contributed by atoms with van der Waals surface area (Å²) in [6, 6.07) is 20.0. The van der Waals surface area contributed by atoms with Gasteiger partial charge in [-0.25, -0.2) is 9.69 Å². The van der Waals surface area contributed by atoms with Gasteiger partial charge in [-0.2, -0.15) is 0 Å². The van der Waals surface area contributed by atoms with Crippen LogP contribution in [0.1, 0.15) is 67.2 Å². The number of amides is 2. The van der Waals surface area contributed by atoms with Crippen molar-refractivity contribution >= 4 is 30.7 Å². The maximum absolute atomic E-state index is 13.3. The molecule has 2 heterocycles. The highest BCUT2D eigenvalue weighted by atomic mass is 28.4. The lowest BCUT2D eigenvalue weighted by atomic mass is 10.1. The van der Waals surface area contributed by atoms with Gasteiger partial charge in [-0.05, 0) is 55.4 Å². The first-order chi connectivity index (χ1) is 18.4. The zero-order valence-corrected chi connectivity index (χ0v) is 25.1. The van der Waals surface area contributed by atoms with Crippen LogP contribution in [0.25, 0.3) is 0 Å². The van der Waals surface area contributed by atoms with E-state index >= 15 is 0 Å². The quantitative estimate of drug-likeness (QED) is 0.449. The zero-order valence-electron chi connectivity index (χ0n) is 24.1. The molecule has 0 aliphatic carbocycles. The molecule has 0 N–H and O–H groups in total. The number of hydrogen-bond acceptors (Lipinski definition) is 6. The number of likely N-dealkylation sites (tertiary alicyclic amines) is 1. The Bertz CT molecular complexity index is 1070. The molecule has 2 amide bonds. The molecule has 0 bridgehead atoms. The third-order valence-electron chi connectivity index (χ3n) is 7.35. The molecule has 2 aromatic rings. The van der Waals surface area contributed by atoms with Crippen molar-refractivity contribution in [2.24, 2.45) is 0 Å². The Morgan fingerprint density at radius 3 is 2.03 bits per heavy atom. The van der Waals surface area contributed by atoms with Gasteiger partial charge in [-0.15, -0.1) is 0 Å². The molecule has 0 aromatic heterocycles. The van der Waals surface area contributed by atoms with E-state index in [1.807, 2.05) is 36.4 Å². The van der Waals surface area contributed by atoms with Crippen LogP contribution < -0.4 is 10.4 Å². The predicted octanol–water partition coefficient (Wildman–Crippen LogP) is 5.01. The number of rotatable bonds is 7. The van der Waals surface area contributed by atoms with Crippen molar-refractivity contribution in [2.45, 2.75) is 96.3 Å². The van der Waals surface area contributed by atoms with Gasteiger partial charge in [0.15, 0.2) is 6.29 Å². The van der Waals surface area contributed by atoms with Crippen LogP contribution in [0.3, 0.4) is 0 Å². The van der Waals surface area contributed by atoms with E-state index in [-0.39, 0.29) is 24.0 Å². The van der Waals surface area contributed by atoms with Crippen LogP contribution >= 0.6 is 0 Å². The second kappa shape index (κ2) is 11.9. The van der Waals surface area contributed by atoms with E-state index in [1.54, 1.807) is 20.8 Å². The summed E-state index contributed by atoms with van der Waals surface area (Å²) in [5.74, 6) is -0.318. The van der Waals surface area contributed by atoms with Gasteiger partial charge in [-0.3, -0.25) is 4.79 Å². The summed E-state index contributed by atoms with van der Waals surface area (Å²) in [5.41, 5.74) is -0.744. The molecule has 1 unspecified atom stereocenters. The highest BCUT2D eigenvalue weighted by molar-refractivity contribution is 6.99.